The molecule has 1 aromatic carbocycles. The lowest BCUT2D eigenvalue weighted by molar-refractivity contribution is 0.0737. The molecule has 2 aliphatic rings. The predicted molar refractivity (Wildman–Crippen MR) is 98.0 cm³/mol. The Kier molecular flexibility index (Phi) is 3.50. The van der Waals surface area contributed by atoms with Gasteiger partial charge in [0, 0.05) is 24.7 Å². The zero-order valence-corrected chi connectivity index (χ0v) is 15.7. The van der Waals surface area contributed by atoms with E-state index < -0.39 is 5.60 Å². The maximum absolute atomic E-state index is 10.1. The van der Waals surface area contributed by atoms with Gasteiger partial charge >= 0.3 is 0 Å². The first-order chi connectivity index (χ1) is 11.8. The summed E-state index contributed by atoms with van der Waals surface area (Å²) >= 11 is 0. The van der Waals surface area contributed by atoms with E-state index in [1.165, 1.54) is 17.7 Å². The first-order valence-electron chi connectivity index (χ1n) is 9.01. The molecule has 25 heavy (non-hydrogen) atoms. The van der Waals surface area contributed by atoms with E-state index in [0.29, 0.717) is 11.9 Å². The molecule has 1 aromatic heterocycles. The van der Waals surface area contributed by atoms with Crippen LogP contribution in [0.4, 0.5) is 5.69 Å². The number of anilines is 1. The van der Waals surface area contributed by atoms with Gasteiger partial charge in [0.15, 0.2) is 0 Å². The summed E-state index contributed by atoms with van der Waals surface area (Å²) in [6.45, 7) is 6.87. The Labute approximate surface area is 149 Å². The first-order valence-corrected chi connectivity index (χ1v) is 9.01. The van der Waals surface area contributed by atoms with E-state index >= 15 is 0 Å². The van der Waals surface area contributed by atoms with Crippen molar-refractivity contribution in [1.82, 2.24) is 19.9 Å². The molecular weight excluding hydrogens is 314 g/mol. The van der Waals surface area contributed by atoms with Crippen molar-refractivity contribution in [3.63, 3.8) is 0 Å². The van der Waals surface area contributed by atoms with E-state index in [1.807, 2.05) is 6.20 Å². The molecule has 0 radical (unpaired) electrons. The average molecular weight is 341 g/mol. The number of likely N-dealkylation sites (tertiary alicyclic amines) is 1. The molecule has 0 amide bonds. The van der Waals surface area contributed by atoms with Crippen LogP contribution < -0.4 is 4.90 Å². The molecular formula is C19H27N5O. The molecule has 1 saturated heterocycles. The van der Waals surface area contributed by atoms with Crippen LogP contribution in [0.25, 0.3) is 5.69 Å². The summed E-state index contributed by atoms with van der Waals surface area (Å²) in [5.41, 5.74) is 3.48. The van der Waals surface area contributed by atoms with Crippen molar-refractivity contribution in [2.75, 3.05) is 25.5 Å². The van der Waals surface area contributed by atoms with E-state index in [0.717, 1.165) is 18.7 Å². The highest BCUT2D eigenvalue weighted by Gasteiger charge is 2.54. The minimum atomic E-state index is -0.987. The summed E-state index contributed by atoms with van der Waals surface area (Å²) in [7, 11) is 4.42. The van der Waals surface area contributed by atoms with E-state index in [4.69, 9.17) is 0 Å². The summed E-state index contributed by atoms with van der Waals surface area (Å²) in [5, 5.41) is 18.5. The molecule has 2 atom stereocenters. The number of aliphatic hydroxyl groups is 1. The third-order valence-electron chi connectivity index (χ3n) is 6.10. The molecule has 1 fully saturated rings. The number of likely N-dealkylation sites (N-methyl/N-ethyl adjacent to an activating group) is 2. The predicted octanol–water partition coefficient (Wildman–Crippen LogP) is 2.25. The number of nitrogens with zero attached hydrogens (tertiary/aromatic N) is 5. The third kappa shape index (κ3) is 2.24. The average Bonchev–Trinajstić information content (AvgIpc) is 3.23. The number of hydrogen-bond donors (Lipinski definition) is 1. The fraction of sp³-hybridized carbons (Fsp3) is 0.579. The van der Waals surface area contributed by atoms with Crippen LogP contribution in [-0.2, 0) is 11.0 Å². The number of aromatic nitrogens is 3. The number of rotatable bonds is 3. The summed E-state index contributed by atoms with van der Waals surface area (Å²) in [6.07, 6.45) is 4.54. The molecule has 2 aliphatic heterocycles. The molecule has 2 aromatic rings. The second kappa shape index (κ2) is 5.29. The fourth-order valence-corrected chi connectivity index (χ4v) is 4.71. The minimum absolute atomic E-state index is 0.175. The van der Waals surface area contributed by atoms with Crippen molar-refractivity contribution >= 4 is 5.69 Å². The first kappa shape index (κ1) is 16.5. The quantitative estimate of drug-likeness (QED) is 0.928. The number of hydrogen-bond acceptors (Lipinski definition) is 5. The van der Waals surface area contributed by atoms with Gasteiger partial charge in [0.1, 0.15) is 11.3 Å². The summed E-state index contributed by atoms with van der Waals surface area (Å²) in [5.74, 6) is 0. The van der Waals surface area contributed by atoms with Crippen molar-refractivity contribution in [2.24, 2.45) is 0 Å². The van der Waals surface area contributed by atoms with Crippen LogP contribution in [0, 0.1) is 0 Å². The lowest BCUT2D eigenvalue weighted by Crippen LogP contribution is -2.46. The van der Waals surface area contributed by atoms with Crippen molar-refractivity contribution in [1.29, 1.82) is 0 Å². The molecule has 0 saturated carbocycles. The Bertz CT molecular complexity index is 808. The van der Waals surface area contributed by atoms with Gasteiger partial charge in [-0.15, -0.1) is 5.10 Å². The molecule has 1 N–H and O–H groups in total. The summed E-state index contributed by atoms with van der Waals surface area (Å²) < 4.78 is 1.77. The number of fused-ring (bicyclic) bond motifs is 3. The standard InChI is InChI=1S/C19H27N5O/c1-6-19-9-10-22(4)17(19)23(5)15-8-7-13(11-14(15)19)24-12-16(20-21-24)18(2,3)25/h7-8,11-12,17,25H,6,9-10H2,1-5H3/t17-,19+/m1/s1. The number of benzene rings is 1. The second-order valence-electron chi connectivity index (χ2n) is 8.03. The van der Waals surface area contributed by atoms with Crippen LogP contribution in [0.3, 0.4) is 0 Å². The zero-order chi connectivity index (χ0) is 18.0. The van der Waals surface area contributed by atoms with Gasteiger partial charge in [-0.3, -0.25) is 4.90 Å². The maximum atomic E-state index is 10.1. The molecule has 0 spiro atoms. The van der Waals surface area contributed by atoms with Gasteiger partial charge in [-0.25, -0.2) is 4.68 Å². The van der Waals surface area contributed by atoms with Crippen molar-refractivity contribution in [3.8, 4) is 5.69 Å². The van der Waals surface area contributed by atoms with Crippen LogP contribution in [0.2, 0.25) is 0 Å². The SMILES string of the molecule is CC[C@@]12CCN(C)[C@@H]1N(C)c1ccc(-n3cc(C(C)(C)O)nn3)cc12. The Morgan fingerprint density at radius 3 is 2.72 bits per heavy atom. The van der Waals surface area contributed by atoms with Crippen molar-refractivity contribution < 1.29 is 5.11 Å². The van der Waals surface area contributed by atoms with Crippen molar-refractivity contribution in [3.05, 3.63) is 35.7 Å². The van der Waals surface area contributed by atoms with E-state index in [9.17, 15) is 5.11 Å². The molecule has 134 valence electrons. The lowest BCUT2D eigenvalue weighted by atomic mass is 9.77. The van der Waals surface area contributed by atoms with Crippen LogP contribution in [0.1, 0.15) is 44.9 Å². The van der Waals surface area contributed by atoms with Gasteiger partial charge < -0.3 is 10.0 Å². The van der Waals surface area contributed by atoms with Crippen molar-refractivity contribution in [2.45, 2.75) is 50.8 Å². The minimum Gasteiger partial charge on any atom is -0.384 e. The van der Waals surface area contributed by atoms with Crippen LogP contribution in [0.15, 0.2) is 24.4 Å². The summed E-state index contributed by atoms with van der Waals surface area (Å²) in [6, 6.07) is 6.54. The maximum Gasteiger partial charge on any atom is 0.114 e. The molecule has 4 rings (SSSR count). The largest absolute Gasteiger partial charge is 0.384 e. The lowest BCUT2D eigenvalue weighted by Gasteiger charge is -2.34. The van der Waals surface area contributed by atoms with Gasteiger partial charge in [0.25, 0.3) is 0 Å². The Morgan fingerprint density at radius 2 is 2.08 bits per heavy atom. The molecule has 6 heteroatoms. The topological polar surface area (TPSA) is 57.4 Å². The molecule has 0 bridgehead atoms. The van der Waals surface area contributed by atoms with Gasteiger partial charge in [-0.1, -0.05) is 12.1 Å². The highest BCUT2D eigenvalue weighted by molar-refractivity contribution is 5.67. The van der Waals surface area contributed by atoms with Gasteiger partial charge in [0.05, 0.1) is 18.1 Å². The van der Waals surface area contributed by atoms with E-state index in [2.05, 4.69) is 59.3 Å². The Balaban J connectivity index is 1.80. The molecule has 0 aliphatic carbocycles. The van der Waals surface area contributed by atoms with Gasteiger partial charge in [-0.2, -0.15) is 0 Å². The van der Waals surface area contributed by atoms with Crippen LogP contribution >= 0.6 is 0 Å². The second-order valence-corrected chi connectivity index (χ2v) is 8.03. The van der Waals surface area contributed by atoms with Crippen LogP contribution in [0.5, 0.6) is 0 Å². The smallest absolute Gasteiger partial charge is 0.114 e. The normalized spacial score (nSPS) is 26.2. The molecule has 6 nitrogen and oxygen atoms in total. The van der Waals surface area contributed by atoms with E-state index in [1.54, 1.807) is 18.5 Å². The van der Waals surface area contributed by atoms with Gasteiger partial charge in [0.2, 0.25) is 0 Å². The van der Waals surface area contributed by atoms with E-state index in [-0.39, 0.29) is 5.41 Å². The highest BCUT2D eigenvalue weighted by atomic mass is 16.3. The monoisotopic (exact) mass is 341 g/mol. The molecule has 3 heterocycles. The highest BCUT2D eigenvalue weighted by Crippen LogP contribution is 2.53. The summed E-state index contributed by atoms with van der Waals surface area (Å²) in [4.78, 5) is 4.88. The Morgan fingerprint density at radius 1 is 1.32 bits per heavy atom. The zero-order valence-electron chi connectivity index (χ0n) is 15.7. The fourth-order valence-electron chi connectivity index (χ4n) is 4.71. The third-order valence-corrected chi connectivity index (χ3v) is 6.10. The van der Waals surface area contributed by atoms with Gasteiger partial charge in [-0.05, 0) is 57.5 Å². The Hall–Kier alpha value is -1.92. The van der Waals surface area contributed by atoms with Crippen LogP contribution in [-0.4, -0.2) is 51.8 Å². The molecule has 0 unspecified atom stereocenters.